The van der Waals surface area contributed by atoms with E-state index in [-0.39, 0.29) is 1.43 Å². The van der Waals surface area contributed by atoms with E-state index in [0.717, 1.165) is 12.3 Å². The molecular weight excluding hydrogens is 244 g/mol. The third kappa shape index (κ3) is 3.53. The van der Waals surface area contributed by atoms with E-state index in [1.165, 1.54) is 37.8 Å². The van der Waals surface area contributed by atoms with Crippen molar-refractivity contribution in [1.82, 2.24) is 0 Å². The van der Waals surface area contributed by atoms with Gasteiger partial charge in [-0.15, -0.1) is 0 Å². The van der Waals surface area contributed by atoms with Crippen LogP contribution in [0.25, 0.3) is 0 Å². The van der Waals surface area contributed by atoms with Crippen LogP contribution in [0.2, 0.25) is 0 Å². The van der Waals surface area contributed by atoms with Crippen molar-refractivity contribution in [2.45, 2.75) is 45.4 Å². The van der Waals surface area contributed by atoms with E-state index in [4.69, 9.17) is 5.26 Å². The van der Waals surface area contributed by atoms with E-state index in [2.05, 4.69) is 6.92 Å². The van der Waals surface area contributed by atoms with Crippen LogP contribution < -0.4 is 0 Å². The SMILES string of the molecule is CC1CCC(CCc2cc(F)c(C#N)c(F)c2)CC1.[HH]. The molecule has 1 aliphatic rings. The van der Waals surface area contributed by atoms with Gasteiger partial charge in [-0.2, -0.15) is 5.26 Å². The van der Waals surface area contributed by atoms with Gasteiger partial charge in [-0.25, -0.2) is 8.78 Å². The summed E-state index contributed by atoms with van der Waals surface area (Å²) in [5, 5.41) is 8.62. The lowest BCUT2D eigenvalue weighted by Gasteiger charge is -2.26. The zero-order valence-electron chi connectivity index (χ0n) is 11.3. The van der Waals surface area contributed by atoms with Crippen LogP contribution in [-0.2, 0) is 6.42 Å². The third-order valence-electron chi connectivity index (χ3n) is 4.19. The molecule has 0 spiro atoms. The number of nitriles is 1. The van der Waals surface area contributed by atoms with E-state index in [9.17, 15) is 8.78 Å². The van der Waals surface area contributed by atoms with E-state index >= 15 is 0 Å². The van der Waals surface area contributed by atoms with Gasteiger partial charge in [0.25, 0.3) is 0 Å². The van der Waals surface area contributed by atoms with Crippen molar-refractivity contribution in [2.24, 2.45) is 11.8 Å². The summed E-state index contributed by atoms with van der Waals surface area (Å²) in [7, 11) is 0. The zero-order chi connectivity index (χ0) is 13.8. The molecule has 0 N–H and O–H groups in total. The molecule has 1 aliphatic carbocycles. The second-order valence-electron chi connectivity index (χ2n) is 5.71. The number of nitrogens with zero attached hydrogens (tertiary/aromatic N) is 1. The van der Waals surface area contributed by atoms with Gasteiger partial charge in [0.05, 0.1) is 0 Å². The molecule has 0 aromatic heterocycles. The fourth-order valence-corrected chi connectivity index (χ4v) is 2.87. The molecule has 0 bridgehead atoms. The van der Waals surface area contributed by atoms with E-state index in [1.54, 1.807) is 6.07 Å². The number of rotatable bonds is 3. The van der Waals surface area contributed by atoms with Gasteiger partial charge in [-0.05, 0) is 42.4 Å². The van der Waals surface area contributed by atoms with Crippen LogP contribution in [0.3, 0.4) is 0 Å². The van der Waals surface area contributed by atoms with Crippen molar-refractivity contribution in [1.29, 1.82) is 5.26 Å². The minimum atomic E-state index is -0.741. The monoisotopic (exact) mass is 265 g/mol. The van der Waals surface area contributed by atoms with Gasteiger partial charge in [0.2, 0.25) is 0 Å². The first-order valence-corrected chi connectivity index (χ1v) is 6.98. The smallest absolute Gasteiger partial charge is 0.144 e. The van der Waals surface area contributed by atoms with Gasteiger partial charge in [0, 0.05) is 1.43 Å². The highest BCUT2D eigenvalue weighted by Gasteiger charge is 2.18. The fraction of sp³-hybridized carbons (Fsp3) is 0.562. The van der Waals surface area contributed by atoms with E-state index < -0.39 is 17.2 Å². The van der Waals surface area contributed by atoms with Gasteiger partial charge >= 0.3 is 0 Å². The predicted octanol–water partition coefficient (Wildman–Crippen LogP) is 4.84. The summed E-state index contributed by atoms with van der Waals surface area (Å²) in [4.78, 5) is 0. The highest BCUT2D eigenvalue weighted by molar-refractivity contribution is 5.35. The molecule has 0 unspecified atom stereocenters. The Morgan fingerprint density at radius 3 is 2.32 bits per heavy atom. The molecule has 0 amide bonds. The molecule has 0 radical (unpaired) electrons. The Labute approximate surface area is 114 Å². The number of benzene rings is 1. The van der Waals surface area contributed by atoms with Crippen molar-refractivity contribution < 1.29 is 10.2 Å². The average Bonchev–Trinajstić information content (AvgIpc) is 2.38. The molecule has 0 aliphatic heterocycles. The Bertz CT molecular complexity index is 465. The predicted molar refractivity (Wildman–Crippen MR) is 72.6 cm³/mol. The Kier molecular flexibility index (Phi) is 4.52. The summed E-state index contributed by atoms with van der Waals surface area (Å²) in [6.07, 6.45) is 6.66. The summed E-state index contributed by atoms with van der Waals surface area (Å²) in [5.74, 6) is 0.0172. The van der Waals surface area contributed by atoms with E-state index in [1.807, 2.05) is 0 Å². The maximum absolute atomic E-state index is 13.5. The maximum Gasteiger partial charge on any atom is 0.144 e. The van der Waals surface area contributed by atoms with Crippen molar-refractivity contribution in [3.05, 3.63) is 34.9 Å². The summed E-state index contributed by atoms with van der Waals surface area (Å²) >= 11 is 0. The zero-order valence-corrected chi connectivity index (χ0v) is 11.3. The van der Waals surface area contributed by atoms with Crippen LogP contribution >= 0.6 is 0 Å². The van der Waals surface area contributed by atoms with Crippen LogP contribution in [0, 0.1) is 34.8 Å². The fourth-order valence-electron chi connectivity index (χ4n) is 2.87. The van der Waals surface area contributed by atoms with E-state index in [0.29, 0.717) is 17.9 Å². The molecule has 1 aromatic rings. The van der Waals surface area contributed by atoms with Crippen LogP contribution in [-0.4, -0.2) is 0 Å². The molecule has 1 fully saturated rings. The second kappa shape index (κ2) is 6.14. The maximum atomic E-state index is 13.5. The molecule has 1 aromatic carbocycles. The summed E-state index contributed by atoms with van der Waals surface area (Å²) in [6, 6.07) is 4.15. The standard InChI is InChI=1S/C16H19F2N.H2/c1-11-2-4-12(5-3-11)6-7-13-8-15(17)14(10-19)16(18)9-13;/h8-9,11-12H,2-7H2,1H3;1H. The average molecular weight is 265 g/mol. The lowest BCUT2D eigenvalue weighted by Crippen LogP contribution is -2.13. The molecule has 1 nitrogen and oxygen atoms in total. The van der Waals surface area contributed by atoms with Crippen LogP contribution in [0.15, 0.2) is 12.1 Å². The molecule has 3 heteroatoms. The van der Waals surface area contributed by atoms with Crippen LogP contribution in [0.1, 0.15) is 51.6 Å². The first-order chi connectivity index (χ1) is 9.10. The van der Waals surface area contributed by atoms with Crippen molar-refractivity contribution >= 4 is 0 Å². The Hall–Kier alpha value is -1.43. The lowest BCUT2D eigenvalue weighted by molar-refractivity contribution is 0.277. The lowest BCUT2D eigenvalue weighted by atomic mass is 9.80. The summed E-state index contributed by atoms with van der Waals surface area (Å²) in [5.41, 5.74) is 0.183. The molecule has 0 atom stereocenters. The Morgan fingerprint density at radius 1 is 1.21 bits per heavy atom. The largest absolute Gasteiger partial charge is 0.205 e. The highest BCUT2D eigenvalue weighted by atomic mass is 19.1. The van der Waals surface area contributed by atoms with Gasteiger partial charge in [-0.3, -0.25) is 0 Å². The van der Waals surface area contributed by atoms with Gasteiger partial charge in [0.1, 0.15) is 23.3 Å². The Balaban J connectivity index is 0.00000200. The topological polar surface area (TPSA) is 23.8 Å². The van der Waals surface area contributed by atoms with Crippen LogP contribution in [0.5, 0.6) is 0 Å². The number of hydrogen-bond donors (Lipinski definition) is 0. The van der Waals surface area contributed by atoms with Crippen LogP contribution in [0.4, 0.5) is 8.78 Å². The summed E-state index contributed by atoms with van der Waals surface area (Å²) in [6.45, 7) is 2.28. The molecular formula is C16H21F2N. The van der Waals surface area contributed by atoms with Crippen molar-refractivity contribution in [3.8, 4) is 6.07 Å². The van der Waals surface area contributed by atoms with Crippen molar-refractivity contribution in [3.63, 3.8) is 0 Å². The molecule has 0 saturated heterocycles. The summed E-state index contributed by atoms with van der Waals surface area (Å²) < 4.78 is 26.9. The second-order valence-corrected chi connectivity index (χ2v) is 5.71. The minimum Gasteiger partial charge on any atom is -0.205 e. The molecule has 104 valence electrons. The molecule has 19 heavy (non-hydrogen) atoms. The highest BCUT2D eigenvalue weighted by Crippen LogP contribution is 2.31. The number of halogens is 2. The Morgan fingerprint density at radius 2 is 1.79 bits per heavy atom. The molecule has 0 heterocycles. The molecule has 2 rings (SSSR count). The first kappa shape index (κ1) is 14.0. The minimum absolute atomic E-state index is 0. The normalized spacial score (nSPS) is 23.1. The van der Waals surface area contributed by atoms with Crippen molar-refractivity contribution in [2.75, 3.05) is 0 Å². The number of aryl methyl sites for hydroxylation is 1. The molecule has 1 saturated carbocycles. The van der Waals surface area contributed by atoms with Gasteiger partial charge in [0.15, 0.2) is 0 Å². The quantitative estimate of drug-likeness (QED) is 0.767. The van der Waals surface area contributed by atoms with Gasteiger partial charge < -0.3 is 0 Å². The number of hydrogen-bond acceptors (Lipinski definition) is 1. The first-order valence-electron chi connectivity index (χ1n) is 6.98. The third-order valence-corrected chi connectivity index (χ3v) is 4.19. The van der Waals surface area contributed by atoms with Gasteiger partial charge in [-0.1, -0.05) is 32.6 Å².